The summed E-state index contributed by atoms with van der Waals surface area (Å²) in [5.41, 5.74) is 5.14. The Labute approximate surface area is 223 Å². The average Bonchev–Trinajstić information content (AvgIpc) is 3.38. The molecule has 2 aromatic heterocycles. The number of hydrogen-bond acceptors (Lipinski definition) is 7. The highest BCUT2D eigenvalue weighted by Gasteiger charge is 2.17. The van der Waals surface area contributed by atoms with Gasteiger partial charge in [0.2, 0.25) is 0 Å². The molecule has 9 nitrogen and oxygen atoms in total. The topological polar surface area (TPSA) is 92.2 Å². The molecule has 1 fully saturated rings. The molecule has 38 heavy (non-hydrogen) atoms. The number of nitrogens with zero attached hydrogens (tertiary/aromatic N) is 6. The Morgan fingerprint density at radius 1 is 1.00 bits per heavy atom. The first kappa shape index (κ1) is 26.2. The zero-order valence-corrected chi connectivity index (χ0v) is 22.4. The number of aromatic nitrogens is 5. The second-order valence-corrected chi connectivity index (χ2v) is 10.2. The summed E-state index contributed by atoms with van der Waals surface area (Å²) in [6.07, 6.45) is 1.86. The summed E-state index contributed by atoms with van der Waals surface area (Å²) in [7, 11) is 0. The van der Waals surface area contributed by atoms with Crippen LogP contribution >= 0.6 is 0 Å². The molecule has 1 saturated heterocycles. The predicted molar refractivity (Wildman–Crippen MR) is 148 cm³/mol. The number of fused-ring (bicyclic) bond motifs is 1. The maximum Gasteiger partial charge on any atom is 0.252 e. The van der Waals surface area contributed by atoms with Gasteiger partial charge >= 0.3 is 0 Å². The van der Waals surface area contributed by atoms with Crippen LogP contribution in [0, 0.1) is 13.8 Å². The highest BCUT2D eigenvalue weighted by Crippen LogP contribution is 2.20. The van der Waals surface area contributed by atoms with Crippen molar-refractivity contribution >= 4 is 10.9 Å². The summed E-state index contributed by atoms with van der Waals surface area (Å²) in [6.45, 7) is 11.3. The number of aromatic amines is 1. The van der Waals surface area contributed by atoms with E-state index in [2.05, 4.69) is 79.7 Å². The third-order valence-electron chi connectivity index (χ3n) is 7.39. The molecule has 1 aliphatic heterocycles. The smallest absolute Gasteiger partial charge is 0.252 e. The van der Waals surface area contributed by atoms with Gasteiger partial charge in [-0.3, -0.25) is 14.6 Å². The zero-order chi connectivity index (χ0) is 26.3. The first-order chi connectivity index (χ1) is 18.6. The molecule has 0 aliphatic carbocycles. The number of rotatable bonds is 11. The van der Waals surface area contributed by atoms with Crippen molar-refractivity contribution in [2.75, 3.05) is 39.4 Å². The van der Waals surface area contributed by atoms with Gasteiger partial charge in [-0.1, -0.05) is 42.5 Å². The van der Waals surface area contributed by atoms with Crippen molar-refractivity contribution in [2.24, 2.45) is 0 Å². The van der Waals surface area contributed by atoms with Gasteiger partial charge in [-0.2, -0.15) is 0 Å². The van der Waals surface area contributed by atoms with Crippen LogP contribution in [0.25, 0.3) is 10.9 Å². The van der Waals surface area contributed by atoms with Crippen LogP contribution in [0.2, 0.25) is 0 Å². The van der Waals surface area contributed by atoms with Crippen LogP contribution in [0.1, 0.15) is 34.5 Å². The highest BCUT2D eigenvalue weighted by atomic mass is 16.5. The Bertz CT molecular complexity index is 1390. The van der Waals surface area contributed by atoms with Crippen LogP contribution in [0.5, 0.6) is 0 Å². The summed E-state index contributed by atoms with van der Waals surface area (Å²) < 4.78 is 7.38. The van der Waals surface area contributed by atoms with Crippen LogP contribution in [-0.2, 0) is 30.8 Å². The van der Waals surface area contributed by atoms with Gasteiger partial charge in [0.25, 0.3) is 5.56 Å². The van der Waals surface area contributed by atoms with Crippen molar-refractivity contribution in [1.82, 2.24) is 35.0 Å². The number of H-pyrrole nitrogens is 1. The summed E-state index contributed by atoms with van der Waals surface area (Å²) in [6, 6.07) is 16.6. The summed E-state index contributed by atoms with van der Waals surface area (Å²) in [4.78, 5) is 21.0. The fourth-order valence-corrected chi connectivity index (χ4v) is 5.12. The number of pyridine rings is 1. The van der Waals surface area contributed by atoms with Crippen LogP contribution < -0.4 is 5.56 Å². The maximum atomic E-state index is 13.1. The third-order valence-corrected chi connectivity index (χ3v) is 7.39. The number of hydrogen-bond donors (Lipinski definition) is 1. The largest absolute Gasteiger partial charge is 0.379 e. The molecule has 1 N–H and O–H groups in total. The number of aryl methyl sites for hydroxylation is 4. The van der Waals surface area contributed by atoms with Crippen molar-refractivity contribution < 1.29 is 4.74 Å². The van der Waals surface area contributed by atoms with Crippen LogP contribution in [0.15, 0.2) is 53.3 Å². The number of benzene rings is 2. The third kappa shape index (κ3) is 6.53. The minimum atomic E-state index is -0.0342. The van der Waals surface area contributed by atoms with Crippen molar-refractivity contribution in [3.63, 3.8) is 0 Å². The van der Waals surface area contributed by atoms with E-state index in [1.165, 1.54) is 5.56 Å². The molecule has 9 heteroatoms. The lowest BCUT2D eigenvalue weighted by Gasteiger charge is -2.28. The molecule has 0 amide bonds. The molecule has 0 spiro atoms. The van der Waals surface area contributed by atoms with Crippen LogP contribution in [0.4, 0.5) is 0 Å². The quantitative estimate of drug-likeness (QED) is 0.328. The monoisotopic (exact) mass is 515 g/mol. The van der Waals surface area contributed by atoms with E-state index in [-0.39, 0.29) is 5.56 Å². The Balaban J connectivity index is 1.33. The number of morpholine rings is 1. The lowest BCUT2D eigenvalue weighted by Crippen LogP contribution is -2.38. The molecule has 4 aromatic rings. The molecule has 0 atom stereocenters. The molecule has 0 saturated carbocycles. The molecular formula is C29H37N7O2. The maximum absolute atomic E-state index is 13.1. The normalized spacial score (nSPS) is 14.5. The van der Waals surface area contributed by atoms with E-state index < -0.39 is 0 Å². The first-order valence-corrected chi connectivity index (χ1v) is 13.5. The van der Waals surface area contributed by atoms with E-state index in [0.29, 0.717) is 19.6 Å². The fraction of sp³-hybridized carbons (Fsp3) is 0.448. The van der Waals surface area contributed by atoms with Gasteiger partial charge in [-0.05, 0) is 66.4 Å². The standard InChI is InChI=1S/C29H37N7O2/c1-22-9-10-23(2)28-26(22)19-25(29(37)30-28)20-35(13-6-12-34-15-17-38-18-16-34)21-27-31-32-33-36(27)14-11-24-7-4-3-5-8-24/h3-5,7-10,19H,6,11-18,20-21H2,1-2H3,(H,30,37). The van der Waals surface area contributed by atoms with Crippen molar-refractivity contribution in [1.29, 1.82) is 0 Å². The Hall–Kier alpha value is -3.40. The average molecular weight is 516 g/mol. The van der Waals surface area contributed by atoms with Crippen LogP contribution in [-0.4, -0.2) is 74.4 Å². The molecule has 0 bridgehead atoms. The molecule has 200 valence electrons. The minimum Gasteiger partial charge on any atom is -0.379 e. The zero-order valence-electron chi connectivity index (χ0n) is 22.4. The summed E-state index contributed by atoms with van der Waals surface area (Å²) in [5, 5.41) is 13.7. The van der Waals surface area contributed by atoms with Crippen LogP contribution in [0.3, 0.4) is 0 Å². The fourth-order valence-electron chi connectivity index (χ4n) is 5.12. The van der Waals surface area contributed by atoms with Gasteiger partial charge in [-0.25, -0.2) is 4.68 Å². The van der Waals surface area contributed by atoms with Gasteiger partial charge in [0.15, 0.2) is 5.82 Å². The molecule has 2 aromatic carbocycles. The van der Waals surface area contributed by atoms with Crippen molar-refractivity contribution in [3.8, 4) is 0 Å². The minimum absolute atomic E-state index is 0.0342. The lowest BCUT2D eigenvalue weighted by molar-refractivity contribution is 0.0358. The van der Waals surface area contributed by atoms with Crippen molar-refractivity contribution in [2.45, 2.75) is 46.3 Å². The number of nitrogens with one attached hydrogen (secondary N) is 1. The SMILES string of the molecule is Cc1ccc(C)c2[nH]c(=O)c(CN(CCCN3CCOCC3)Cc3nnnn3CCc3ccccc3)cc12. The van der Waals surface area contributed by atoms with Crippen molar-refractivity contribution in [3.05, 3.63) is 87.0 Å². The van der Waals surface area contributed by atoms with E-state index >= 15 is 0 Å². The Morgan fingerprint density at radius 3 is 2.61 bits per heavy atom. The van der Waals surface area contributed by atoms with E-state index in [1.807, 2.05) is 17.7 Å². The first-order valence-electron chi connectivity index (χ1n) is 13.5. The second-order valence-electron chi connectivity index (χ2n) is 10.2. The predicted octanol–water partition coefficient (Wildman–Crippen LogP) is 3.10. The summed E-state index contributed by atoms with van der Waals surface area (Å²) >= 11 is 0. The van der Waals surface area contributed by atoms with E-state index in [9.17, 15) is 4.79 Å². The Morgan fingerprint density at radius 2 is 1.79 bits per heavy atom. The van der Waals surface area contributed by atoms with Gasteiger partial charge in [0.1, 0.15) is 0 Å². The molecule has 0 unspecified atom stereocenters. The van der Waals surface area contributed by atoms with E-state index in [4.69, 9.17) is 4.74 Å². The number of ether oxygens (including phenoxy) is 1. The van der Waals surface area contributed by atoms with E-state index in [1.54, 1.807) is 0 Å². The second kappa shape index (κ2) is 12.4. The summed E-state index contributed by atoms with van der Waals surface area (Å²) in [5.74, 6) is 0.816. The highest BCUT2D eigenvalue weighted by molar-refractivity contribution is 5.85. The van der Waals surface area contributed by atoms with Gasteiger partial charge in [0, 0.05) is 43.7 Å². The lowest BCUT2D eigenvalue weighted by atomic mass is 10.0. The number of tetrazole rings is 1. The molecular weight excluding hydrogens is 478 g/mol. The van der Waals surface area contributed by atoms with Gasteiger partial charge in [-0.15, -0.1) is 5.10 Å². The molecule has 0 radical (unpaired) electrons. The van der Waals surface area contributed by atoms with Gasteiger partial charge < -0.3 is 9.72 Å². The van der Waals surface area contributed by atoms with E-state index in [0.717, 1.165) is 85.7 Å². The molecule has 3 heterocycles. The van der Waals surface area contributed by atoms with Gasteiger partial charge in [0.05, 0.1) is 25.3 Å². The molecule has 5 rings (SSSR count). The Kier molecular flexibility index (Phi) is 8.58. The molecule has 1 aliphatic rings.